The van der Waals surface area contributed by atoms with Crippen molar-refractivity contribution in [3.63, 3.8) is 0 Å². The number of rotatable bonds is 0. The molecule has 0 amide bonds. The Labute approximate surface area is 162 Å². The van der Waals surface area contributed by atoms with Crippen molar-refractivity contribution in [3.8, 4) is 22.8 Å². The molecule has 0 saturated heterocycles. The minimum atomic E-state index is 0.847. The lowest BCUT2D eigenvalue weighted by molar-refractivity contribution is -0.633. The minimum Gasteiger partial charge on any atom is -0.450 e. The molecule has 0 atom stereocenters. The molecule has 0 bridgehead atoms. The number of para-hydroxylation sites is 1. The van der Waals surface area contributed by atoms with Gasteiger partial charge in [0.2, 0.25) is 11.3 Å². The molecule has 0 N–H and O–H groups in total. The molecule has 2 aromatic heterocycles. The molecule has 0 aliphatic carbocycles. The monoisotopic (exact) mass is 366 g/mol. The van der Waals surface area contributed by atoms with Crippen molar-refractivity contribution in [1.29, 1.82) is 0 Å². The van der Waals surface area contributed by atoms with Gasteiger partial charge in [-0.1, -0.05) is 24.3 Å². The number of hydrogen-bond donors (Lipinski definition) is 0. The van der Waals surface area contributed by atoms with Crippen molar-refractivity contribution in [1.82, 2.24) is 0 Å². The average molecular weight is 366 g/mol. The Morgan fingerprint density at radius 2 is 1.68 bits per heavy atom. The quantitative estimate of drug-likeness (QED) is 0.297. The lowest BCUT2D eigenvalue weighted by Gasteiger charge is -2.22. The minimum absolute atomic E-state index is 0.847. The van der Waals surface area contributed by atoms with Crippen LogP contribution in [0.1, 0.15) is 16.7 Å². The average Bonchev–Trinajstić information content (AvgIpc) is 3.03. The maximum Gasteiger partial charge on any atom is 0.259 e. The van der Waals surface area contributed by atoms with Crippen molar-refractivity contribution >= 4 is 32.8 Å². The number of benzene rings is 3. The number of pyridine rings is 1. The summed E-state index contributed by atoms with van der Waals surface area (Å²) in [6, 6.07) is 16.9. The zero-order valence-corrected chi connectivity index (χ0v) is 16.4. The number of aryl methyl sites for hydroxylation is 3. The summed E-state index contributed by atoms with van der Waals surface area (Å²) >= 11 is 0. The van der Waals surface area contributed by atoms with E-state index in [1.54, 1.807) is 0 Å². The Morgan fingerprint density at radius 3 is 2.54 bits per heavy atom. The van der Waals surface area contributed by atoms with Crippen LogP contribution < -0.4 is 9.30 Å². The van der Waals surface area contributed by atoms with Gasteiger partial charge in [0.15, 0.2) is 0 Å². The Balaban J connectivity index is 1.85. The van der Waals surface area contributed by atoms with Crippen LogP contribution in [0.2, 0.25) is 0 Å². The molecule has 3 aromatic carbocycles. The summed E-state index contributed by atoms with van der Waals surface area (Å²) in [5, 5.41) is 3.55. The lowest BCUT2D eigenvalue weighted by Crippen LogP contribution is -2.33. The van der Waals surface area contributed by atoms with Crippen LogP contribution in [0.5, 0.6) is 11.5 Å². The highest BCUT2D eigenvalue weighted by molar-refractivity contribution is 6.07. The van der Waals surface area contributed by atoms with Gasteiger partial charge in [0.05, 0.1) is 10.9 Å². The second-order valence-electron chi connectivity index (χ2n) is 7.88. The number of hydrogen-bond acceptors (Lipinski definition) is 2. The Bertz CT molecular complexity index is 1470. The molecule has 136 valence electrons. The number of nitrogens with zero attached hydrogens (tertiary/aromatic N) is 1. The van der Waals surface area contributed by atoms with E-state index in [2.05, 4.69) is 62.7 Å². The number of fused-ring (bicyclic) bond motifs is 5. The molecule has 1 aliphatic heterocycles. The zero-order chi connectivity index (χ0) is 19.2. The third kappa shape index (κ3) is 1.86. The fourth-order valence-electron chi connectivity index (χ4n) is 4.71. The van der Waals surface area contributed by atoms with Crippen LogP contribution in [-0.4, -0.2) is 0 Å². The first-order chi connectivity index (χ1) is 13.5. The largest absolute Gasteiger partial charge is 0.450 e. The standard InChI is InChI=1S/C25H20NO2/c1-13-9-16-11-14(2)15(3)22-23(16)19(10-13)28-21-12-20-24(26(4)25(21)22)17-7-5-6-8-18(17)27-20/h5-12H,1-4H3/q+1. The second kappa shape index (κ2) is 5.14. The maximum atomic E-state index is 6.43. The van der Waals surface area contributed by atoms with Crippen LogP contribution in [0.4, 0.5) is 0 Å². The van der Waals surface area contributed by atoms with E-state index in [-0.39, 0.29) is 0 Å². The molecule has 0 spiro atoms. The van der Waals surface area contributed by atoms with E-state index in [1.807, 2.05) is 18.2 Å². The van der Waals surface area contributed by atoms with Crippen LogP contribution in [-0.2, 0) is 7.05 Å². The summed E-state index contributed by atoms with van der Waals surface area (Å²) in [6.45, 7) is 6.51. The summed E-state index contributed by atoms with van der Waals surface area (Å²) in [5.74, 6) is 1.78. The smallest absolute Gasteiger partial charge is 0.259 e. The number of furan rings is 1. The molecule has 3 nitrogen and oxygen atoms in total. The van der Waals surface area contributed by atoms with E-state index in [9.17, 15) is 0 Å². The van der Waals surface area contributed by atoms with Crippen molar-refractivity contribution in [2.24, 2.45) is 7.05 Å². The van der Waals surface area contributed by atoms with Gasteiger partial charge >= 0.3 is 0 Å². The highest BCUT2D eigenvalue weighted by Gasteiger charge is 2.33. The Hall–Kier alpha value is -3.33. The first kappa shape index (κ1) is 15.7. The highest BCUT2D eigenvalue weighted by Crippen LogP contribution is 2.48. The van der Waals surface area contributed by atoms with E-state index in [4.69, 9.17) is 9.15 Å². The lowest BCUT2D eigenvalue weighted by atomic mass is 9.90. The predicted molar refractivity (Wildman–Crippen MR) is 112 cm³/mol. The molecule has 3 heteroatoms. The van der Waals surface area contributed by atoms with Gasteiger partial charge in [0.1, 0.15) is 18.4 Å². The summed E-state index contributed by atoms with van der Waals surface area (Å²) in [6.07, 6.45) is 0. The van der Waals surface area contributed by atoms with Gasteiger partial charge in [-0.05, 0) is 61.0 Å². The van der Waals surface area contributed by atoms with Gasteiger partial charge in [-0.2, -0.15) is 4.57 Å². The molecular weight excluding hydrogens is 346 g/mol. The van der Waals surface area contributed by atoms with E-state index < -0.39 is 0 Å². The van der Waals surface area contributed by atoms with Crippen LogP contribution in [0.3, 0.4) is 0 Å². The fourth-order valence-corrected chi connectivity index (χ4v) is 4.71. The van der Waals surface area contributed by atoms with Gasteiger partial charge in [-0.25, -0.2) is 0 Å². The van der Waals surface area contributed by atoms with E-state index in [0.717, 1.165) is 39.3 Å². The molecular formula is C25H20NO2+. The molecule has 5 aromatic rings. The number of ether oxygens (including phenoxy) is 1. The molecule has 28 heavy (non-hydrogen) atoms. The maximum absolute atomic E-state index is 6.43. The molecule has 0 radical (unpaired) electrons. The molecule has 6 rings (SSSR count). The van der Waals surface area contributed by atoms with Crippen molar-refractivity contribution in [2.75, 3.05) is 0 Å². The van der Waals surface area contributed by atoms with Gasteiger partial charge < -0.3 is 9.15 Å². The van der Waals surface area contributed by atoms with Gasteiger partial charge in [-0.15, -0.1) is 0 Å². The summed E-state index contributed by atoms with van der Waals surface area (Å²) in [4.78, 5) is 0. The van der Waals surface area contributed by atoms with Crippen LogP contribution >= 0.6 is 0 Å². The molecule has 0 fully saturated rings. The Kier molecular flexibility index (Phi) is 2.88. The topological polar surface area (TPSA) is 26.2 Å². The summed E-state index contributed by atoms with van der Waals surface area (Å²) in [5.41, 5.74) is 9.02. The van der Waals surface area contributed by atoms with Gasteiger partial charge in [0.25, 0.3) is 11.2 Å². The van der Waals surface area contributed by atoms with Crippen LogP contribution in [0, 0.1) is 20.8 Å². The van der Waals surface area contributed by atoms with E-state index in [0.29, 0.717) is 0 Å². The van der Waals surface area contributed by atoms with Crippen molar-refractivity contribution in [2.45, 2.75) is 20.8 Å². The second-order valence-corrected chi connectivity index (χ2v) is 7.88. The normalized spacial score (nSPS) is 12.6. The molecule has 0 saturated carbocycles. The van der Waals surface area contributed by atoms with E-state index in [1.165, 1.54) is 33.0 Å². The third-order valence-electron chi connectivity index (χ3n) is 6.08. The Morgan fingerprint density at radius 1 is 0.857 bits per heavy atom. The van der Waals surface area contributed by atoms with Crippen LogP contribution in [0.15, 0.2) is 52.9 Å². The fraction of sp³-hybridized carbons (Fsp3) is 0.160. The highest BCUT2D eigenvalue weighted by atomic mass is 16.5. The number of aromatic nitrogens is 1. The molecule has 3 heterocycles. The zero-order valence-electron chi connectivity index (χ0n) is 16.4. The van der Waals surface area contributed by atoms with Crippen molar-refractivity contribution < 1.29 is 13.7 Å². The first-order valence-electron chi connectivity index (χ1n) is 9.60. The summed E-state index contributed by atoms with van der Waals surface area (Å²) in [7, 11) is 2.11. The van der Waals surface area contributed by atoms with Gasteiger partial charge in [-0.3, -0.25) is 0 Å². The predicted octanol–water partition coefficient (Wildman–Crippen LogP) is 6.26. The SMILES string of the molecule is Cc1cc2c3c(c(C)c(C)cc3c1)-c1c(cc3oc4ccccc4c3[n+]1C)O2. The molecule has 0 unspecified atom stereocenters. The summed E-state index contributed by atoms with van der Waals surface area (Å²) < 4.78 is 14.8. The van der Waals surface area contributed by atoms with Crippen molar-refractivity contribution in [3.05, 3.63) is 65.2 Å². The third-order valence-corrected chi connectivity index (χ3v) is 6.08. The first-order valence-corrected chi connectivity index (χ1v) is 9.60. The molecule has 1 aliphatic rings. The van der Waals surface area contributed by atoms with Crippen LogP contribution in [0.25, 0.3) is 44.1 Å². The van der Waals surface area contributed by atoms with Gasteiger partial charge in [0, 0.05) is 11.5 Å². The van der Waals surface area contributed by atoms with E-state index >= 15 is 0 Å².